The van der Waals surface area contributed by atoms with Crippen LogP contribution in [0.1, 0.15) is 143 Å². The van der Waals surface area contributed by atoms with Crippen molar-refractivity contribution in [1.82, 2.24) is 42.1 Å². The van der Waals surface area contributed by atoms with Crippen LogP contribution < -0.4 is 60.2 Å². The van der Waals surface area contributed by atoms with E-state index < -0.39 is 145 Å². The molecule has 15 atom stereocenters. The molecule has 3 saturated carbocycles. The van der Waals surface area contributed by atoms with Crippen LogP contribution in [0, 0.1) is 40.4 Å². The first-order valence-electron chi connectivity index (χ1n) is 31.4. The number of aliphatic hydroxyl groups is 1. The maximum atomic E-state index is 14.5. The lowest BCUT2D eigenvalue weighted by Gasteiger charge is -2.57. The first kappa shape index (κ1) is 72.3. The van der Waals surface area contributed by atoms with E-state index in [0.717, 1.165) is 59.1 Å². The Morgan fingerprint density at radius 2 is 1.40 bits per heavy atom. The molecule has 2 saturated heterocycles. The van der Waals surface area contributed by atoms with E-state index >= 15 is 0 Å². The Balaban J connectivity index is 0.000000506. The van der Waals surface area contributed by atoms with Crippen LogP contribution in [0.4, 0.5) is 0 Å². The van der Waals surface area contributed by atoms with Gasteiger partial charge < -0.3 is 75.3 Å². The van der Waals surface area contributed by atoms with Crippen LogP contribution >= 0.6 is 21.6 Å². The number of amides is 11. The second-order valence-electron chi connectivity index (χ2n) is 26.0. The van der Waals surface area contributed by atoms with Crippen molar-refractivity contribution in [2.45, 2.75) is 199 Å². The standard InChI is InChI=1S/C43H66N12O12S2.C19H28O2/c1-5-22(4)35-42(66)49-26(12-13-32(45)57)38(62)51-29(17-33(46)58)39(63)53-30(20-69-68-19-25(44)36(60)50-28(40(64)54-35)16-23-8-10-24(56)11-9-23)43(67)55-14-6-7-31(55)41(65)52-27(15-21(2)3)37(61)48-18-34(47)59;1-18-9-7-13(20)11-12(18)3-4-14-15-5-6-17(21)19(15,2)10-8-16(14)18/h8-11,21-22,25-31,35,56H,5-7,12-20,44H2,1-4H3,(H2,45,57)(H2,46,58)(H2,47,59)(H,48,61)(H,49,66)(H,50,60)(H,51,62)(H,52,65)(H,53,63)(H,54,64);11,14-17,21H,3-10H2,1-2H3/t22-,25-,26-,27-,28-,29-,30-,31-,35-;14-,15-,16-,17-,18-,19-/m00/s1. The van der Waals surface area contributed by atoms with Crippen molar-refractivity contribution in [3.05, 3.63) is 41.5 Å². The van der Waals surface area contributed by atoms with Gasteiger partial charge in [0.25, 0.3) is 0 Å². The second-order valence-corrected chi connectivity index (χ2v) is 28.6. The highest BCUT2D eigenvalue weighted by molar-refractivity contribution is 8.76. The molecular formula is C62H94N12O14S2. The van der Waals surface area contributed by atoms with Crippen LogP contribution in [0.3, 0.4) is 0 Å². The third-order valence-electron chi connectivity index (χ3n) is 19.2. The predicted molar refractivity (Wildman–Crippen MR) is 337 cm³/mol. The largest absolute Gasteiger partial charge is 0.508 e. The summed E-state index contributed by atoms with van der Waals surface area (Å²) < 4.78 is 0. The fraction of sp³-hybridized carbons (Fsp3) is 0.677. The highest BCUT2D eigenvalue weighted by atomic mass is 33.1. The quantitative estimate of drug-likeness (QED) is 0.0931. The van der Waals surface area contributed by atoms with E-state index in [2.05, 4.69) is 51.1 Å². The van der Waals surface area contributed by atoms with E-state index in [0.29, 0.717) is 30.1 Å². The Bertz CT molecular complexity index is 2860. The number of aromatic hydroxyl groups is 1. The van der Waals surface area contributed by atoms with Gasteiger partial charge in [-0.3, -0.25) is 57.5 Å². The monoisotopic (exact) mass is 1290 g/mol. The number of hydrogen-bond donors (Lipinski definition) is 13. The van der Waals surface area contributed by atoms with Crippen molar-refractivity contribution in [3.63, 3.8) is 0 Å². The van der Waals surface area contributed by atoms with Crippen molar-refractivity contribution in [2.75, 3.05) is 24.6 Å². The van der Waals surface area contributed by atoms with E-state index in [1.54, 1.807) is 13.8 Å². The number of allylic oxidation sites excluding steroid dienone is 1. The van der Waals surface area contributed by atoms with Gasteiger partial charge in [0.05, 0.1) is 25.1 Å². The van der Waals surface area contributed by atoms with Crippen LogP contribution in [0.5, 0.6) is 5.75 Å². The number of rotatable bonds is 17. The van der Waals surface area contributed by atoms with Crippen molar-refractivity contribution in [3.8, 4) is 5.75 Å². The number of aliphatic hydroxyl groups excluding tert-OH is 1. The lowest BCUT2D eigenvalue weighted by Crippen LogP contribution is -2.61. The summed E-state index contributed by atoms with van der Waals surface area (Å²) in [5.41, 5.74) is 24.8. The Morgan fingerprint density at radius 3 is 2.06 bits per heavy atom. The van der Waals surface area contributed by atoms with Gasteiger partial charge in [-0.1, -0.05) is 87.3 Å². The minimum absolute atomic E-state index is 0.0468. The van der Waals surface area contributed by atoms with E-state index in [9.17, 15) is 67.7 Å². The van der Waals surface area contributed by atoms with Gasteiger partial charge >= 0.3 is 0 Å². The molecule has 11 amide bonds. The van der Waals surface area contributed by atoms with Gasteiger partial charge in [-0.05, 0) is 135 Å². The van der Waals surface area contributed by atoms with Gasteiger partial charge in [0.2, 0.25) is 65.0 Å². The number of nitrogens with two attached hydrogens (primary N) is 4. The molecule has 2 aliphatic heterocycles. The number of ketones is 1. The average molecular weight is 1300 g/mol. The number of phenolic OH excluding ortho intramolecular Hbond substituents is 1. The lowest BCUT2D eigenvalue weighted by atomic mass is 9.47. The second kappa shape index (κ2) is 32.5. The molecule has 0 aromatic heterocycles. The molecule has 6 aliphatic rings. The molecule has 0 unspecified atom stereocenters. The van der Waals surface area contributed by atoms with E-state index in [1.807, 2.05) is 19.9 Å². The molecule has 28 heteroatoms. The topological polar surface area (TPSA) is 437 Å². The van der Waals surface area contributed by atoms with E-state index in [1.165, 1.54) is 60.4 Å². The van der Waals surface area contributed by atoms with Crippen molar-refractivity contribution >= 4 is 92.4 Å². The molecule has 17 N–H and O–H groups in total. The summed E-state index contributed by atoms with van der Waals surface area (Å²) >= 11 is 0. The molecule has 90 heavy (non-hydrogen) atoms. The molecule has 0 spiro atoms. The van der Waals surface area contributed by atoms with Gasteiger partial charge in [-0.25, -0.2) is 0 Å². The summed E-state index contributed by atoms with van der Waals surface area (Å²) in [7, 11) is 2.05. The fourth-order valence-electron chi connectivity index (χ4n) is 13.9. The fourth-order valence-corrected chi connectivity index (χ4v) is 16.2. The van der Waals surface area contributed by atoms with Crippen molar-refractivity contribution in [2.24, 2.45) is 63.4 Å². The van der Waals surface area contributed by atoms with Gasteiger partial charge in [0, 0.05) is 37.3 Å². The molecule has 498 valence electrons. The van der Waals surface area contributed by atoms with Crippen molar-refractivity contribution < 1.29 is 67.7 Å². The smallest absolute Gasteiger partial charge is 0.246 e. The molecule has 7 rings (SSSR count). The van der Waals surface area contributed by atoms with Gasteiger partial charge in [-0.2, -0.15) is 0 Å². The summed E-state index contributed by atoms with van der Waals surface area (Å²) in [6.45, 7) is 11.4. The summed E-state index contributed by atoms with van der Waals surface area (Å²) in [5, 5.41) is 38.1. The zero-order valence-corrected chi connectivity index (χ0v) is 54.1. The highest BCUT2D eigenvalue weighted by Crippen LogP contribution is 2.65. The Kier molecular flexibility index (Phi) is 26.1. The first-order valence-corrected chi connectivity index (χ1v) is 33.9. The van der Waals surface area contributed by atoms with Crippen LogP contribution in [-0.4, -0.2) is 165 Å². The molecule has 0 bridgehead atoms. The molecule has 1 aromatic carbocycles. The van der Waals surface area contributed by atoms with Gasteiger partial charge in [0.1, 0.15) is 48.0 Å². The lowest BCUT2D eigenvalue weighted by molar-refractivity contribution is -0.142. The number of benzene rings is 1. The first-order chi connectivity index (χ1) is 42.4. The predicted octanol–water partition coefficient (Wildman–Crippen LogP) is 0.271. The Morgan fingerprint density at radius 1 is 0.744 bits per heavy atom. The normalized spacial score (nSPS) is 30.9. The number of hydrogen-bond acceptors (Lipinski definition) is 17. The van der Waals surface area contributed by atoms with E-state index in [-0.39, 0.29) is 65.9 Å². The van der Waals surface area contributed by atoms with Crippen LogP contribution in [0.25, 0.3) is 0 Å². The maximum absolute atomic E-state index is 14.5. The SMILES string of the molecule is CC[C@H](C)[C@@H]1NC(=O)[C@H](Cc2ccc(O)cc2)NC(=O)[C@@H](N)CSSC[C@@H](C(=O)N2CCC[C@H]2C(=O)N[C@@H](CC(C)C)C(=O)NCC(N)=O)NC(=O)[C@H](CC(N)=O)NC(=O)[C@H](CCC(N)=O)NC1=O.C[C@]12CC[C@H]3[C@@H](CCC4=CC(=O)CC[C@@]43C)[C@@H]1CC[C@@H]2O. The Hall–Kier alpha value is -6.78. The Labute approximate surface area is 533 Å². The molecule has 0 radical (unpaired) electrons. The number of carbonyl (C=O) groups is 12. The van der Waals surface area contributed by atoms with Gasteiger partial charge in [0.15, 0.2) is 5.78 Å². The van der Waals surface area contributed by atoms with Crippen LogP contribution in [-0.2, 0) is 64.0 Å². The molecule has 2 heterocycles. The summed E-state index contributed by atoms with van der Waals surface area (Å²) in [4.78, 5) is 160. The van der Waals surface area contributed by atoms with Crippen LogP contribution in [0.15, 0.2) is 35.9 Å². The third-order valence-corrected chi connectivity index (χ3v) is 21.6. The zero-order chi connectivity index (χ0) is 66.4. The molecule has 26 nitrogen and oxygen atoms in total. The molecular weight excluding hydrogens is 1200 g/mol. The van der Waals surface area contributed by atoms with Gasteiger partial charge in [-0.15, -0.1) is 0 Å². The summed E-state index contributed by atoms with van der Waals surface area (Å²) in [6, 6.07) is -5.05. The number of nitrogens with zero attached hydrogens (tertiary/aromatic N) is 1. The molecule has 4 aliphatic carbocycles. The van der Waals surface area contributed by atoms with E-state index in [4.69, 9.17) is 22.9 Å². The maximum Gasteiger partial charge on any atom is 0.246 e. The molecule has 1 aromatic rings. The number of fused-ring (bicyclic) bond motifs is 5. The number of nitrogens with one attached hydrogen (secondary N) is 7. The number of phenols is 1. The minimum Gasteiger partial charge on any atom is -0.508 e. The van der Waals surface area contributed by atoms with Crippen molar-refractivity contribution in [1.29, 1.82) is 0 Å². The summed E-state index contributed by atoms with van der Waals surface area (Å²) in [6.07, 6.45) is 10.0. The van der Waals surface area contributed by atoms with Crippen LogP contribution in [0.2, 0.25) is 0 Å². The summed E-state index contributed by atoms with van der Waals surface area (Å²) in [5.74, 6) is -7.81. The number of carbonyl (C=O) groups excluding carboxylic acids is 12. The third kappa shape index (κ3) is 18.9. The number of likely N-dealkylation sites (tertiary alicyclic amines) is 1. The average Bonchev–Trinajstić information content (AvgIpc) is 1.72. The zero-order valence-electron chi connectivity index (χ0n) is 52.5. The highest BCUT2D eigenvalue weighted by Gasteiger charge is 2.59. The molecule has 5 fully saturated rings. The number of primary amides is 3. The minimum atomic E-state index is -1.75.